The minimum Gasteiger partial charge on any atom is -0.314 e. The molecule has 0 aromatic heterocycles. The van der Waals surface area contributed by atoms with Crippen molar-refractivity contribution >= 4 is 0 Å². The lowest BCUT2D eigenvalue weighted by atomic mass is 9.59. The molecule has 0 saturated carbocycles. The van der Waals surface area contributed by atoms with Gasteiger partial charge in [-0.15, -0.1) is 0 Å². The zero-order valence-corrected chi connectivity index (χ0v) is 13.8. The van der Waals surface area contributed by atoms with Gasteiger partial charge in [0.25, 0.3) is 0 Å². The molecule has 1 saturated heterocycles. The Hall–Kier alpha value is -0.0400. The largest absolute Gasteiger partial charge is 0.314 e. The fraction of sp³-hybridized carbons (Fsp3) is 1.00. The average Bonchev–Trinajstić information content (AvgIpc) is 2.30. The molecular formula is C17H35N. The second-order valence-electron chi connectivity index (χ2n) is 7.80. The molecule has 0 aliphatic carbocycles. The predicted octanol–water partition coefficient (Wildman–Crippen LogP) is 4.86. The summed E-state index contributed by atoms with van der Waals surface area (Å²) in [6.07, 6.45) is 5.32. The van der Waals surface area contributed by atoms with Crippen LogP contribution in [-0.2, 0) is 0 Å². The predicted molar refractivity (Wildman–Crippen MR) is 81.8 cm³/mol. The van der Waals surface area contributed by atoms with E-state index < -0.39 is 0 Å². The first-order valence-corrected chi connectivity index (χ1v) is 7.96. The van der Waals surface area contributed by atoms with E-state index in [1.807, 2.05) is 0 Å². The molecule has 0 radical (unpaired) electrons. The lowest BCUT2D eigenvalue weighted by Gasteiger charge is -2.49. The normalized spacial score (nSPS) is 36.5. The molecule has 0 aromatic rings. The van der Waals surface area contributed by atoms with Crippen molar-refractivity contribution in [2.45, 2.75) is 80.2 Å². The molecule has 0 bridgehead atoms. The molecule has 4 unspecified atom stereocenters. The number of hydrogen-bond donors (Lipinski definition) is 1. The van der Waals surface area contributed by atoms with E-state index in [9.17, 15) is 0 Å². The zero-order valence-electron chi connectivity index (χ0n) is 13.8. The summed E-state index contributed by atoms with van der Waals surface area (Å²) < 4.78 is 0. The molecule has 1 nitrogen and oxygen atoms in total. The minimum atomic E-state index is 0.416. The number of hydrogen-bond acceptors (Lipinski definition) is 1. The highest BCUT2D eigenvalue weighted by atomic mass is 14.9. The Morgan fingerprint density at radius 3 is 2.39 bits per heavy atom. The summed E-state index contributed by atoms with van der Waals surface area (Å²) in [4.78, 5) is 0. The lowest BCUT2D eigenvalue weighted by molar-refractivity contribution is 0.0278. The van der Waals surface area contributed by atoms with E-state index >= 15 is 0 Å². The van der Waals surface area contributed by atoms with Gasteiger partial charge in [0.2, 0.25) is 0 Å². The highest BCUT2D eigenvalue weighted by Crippen LogP contribution is 2.47. The van der Waals surface area contributed by atoms with Crippen molar-refractivity contribution in [1.29, 1.82) is 0 Å². The monoisotopic (exact) mass is 253 g/mol. The van der Waals surface area contributed by atoms with Crippen LogP contribution in [0.15, 0.2) is 0 Å². The van der Waals surface area contributed by atoms with Crippen LogP contribution in [0.2, 0.25) is 0 Å². The van der Waals surface area contributed by atoms with E-state index in [1.54, 1.807) is 0 Å². The van der Waals surface area contributed by atoms with Crippen LogP contribution in [0.5, 0.6) is 0 Å². The maximum atomic E-state index is 3.77. The van der Waals surface area contributed by atoms with Crippen LogP contribution >= 0.6 is 0 Å². The Morgan fingerprint density at radius 1 is 1.22 bits per heavy atom. The van der Waals surface area contributed by atoms with E-state index in [4.69, 9.17) is 0 Å². The van der Waals surface area contributed by atoms with E-state index in [0.29, 0.717) is 16.9 Å². The maximum Gasteiger partial charge on any atom is 0.00953 e. The van der Waals surface area contributed by atoms with Crippen molar-refractivity contribution in [2.24, 2.45) is 22.7 Å². The van der Waals surface area contributed by atoms with Gasteiger partial charge in [-0.25, -0.2) is 0 Å². The highest BCUT2D eigenvalue weighted by Gasteiger charge is 2.43. The molecule has 18 heavy (non-hydrogen) atoms. The fourth-order valence-electron chi connectivity index (χ4n) is 3.95. The van der Waals surface area contributed by atoms with E-state index in [2.05, 4.69) is 53.8 Å². The molecule has 4 atom stereocenters. The van der Waals surface area contributed by atoms with E-state index in [1.165, 1.54) is 32.2 Å². The Labute approximate surface area is 115 Å². The second-order valence-corrected chi connectivity index (χ2v) is 7.80. The quantitative estimate of drug-likeness (QED) is 0.757. The summed E-state index contributed by atoms with van der Waals surface area (Å²) >= 11 is 0. The van der Waals surface area contributed by atoms with Gasteiger partial charge >= 0.3 is 0 Å². The molecule has 0 spiro atoms. The average molecular weight is 253 g/mol. The van der Waals surface area contributed by atoms with Crippen molar-refractivity contribution in [1.82, 2.24) is 5.32 Å². The van der Waals surface area contributed by atoms with E-state index in [-0.39, 0.29) is 0 Å². The zero-order chi connectivity index (χ0) is 14.0. The lowest BCUT2D eigenvalue weighted by Crippen LogP contribution is -2.50. The van der Waals surface area contributed by atoms with Gasteiger partial charge in [-0.1, -0.05) is 48.0 Å². The Kier molecular flexibility index (Phi) is 5.29. The molecule has 108 valence electrons. The van der Waals surface area contributed by atoms with Crippen LogP contribution in [-0.4, -0.2) is 12.6 Å². The van der Waals surface area contributed by atoms with Gasteiger partial charge < -0.3 is 5.32 Å². The highest BCUT2D eigenvalue weighted by molar-refractivity contribution is 4.95. The van der Waals surface area contributed by atoms with Crippen molar-refractivity contribution in [3.63, 3.8) is 0 Å². The second kappa shape index (κ2) is 5.94. The van der Waals surface area contributed by atoms with Gasteiger partial charge in [-0.3, -0.25) is 0 Å². The Balaban J connectivity index is 2.96. The van der Waals surface area contributed by atoms with Crippen molar-refractivity contribution < 1.29 is 0 Å². The summed E-state index contributed by atoms with van der Waals surface area (Å²) in [6.45, 7) is 18.3. The third-order valence-electron chi connectivity index (χ3n) is 5.87. The fourth-order valence-corrected chi connectivity index (χ4v) is 3.95. The number of nitrogens with one attached hydrogen (secondary N) is 1. The molecule has 1 heterocycles. The van der Waals surface area contributed by atoms with Crippen LogP contribution in [0, 0.1) is 22.7 Å². The molecule has 0 amide bonds. The maximum absolute atomic E-state index is 3.77. The molecule has 1 aliphatic rings. The molecule has 0 aromatic carbocycles. The summed E-state index contributed by atoms with van der Waals surface area (Å²) in [6, 6.07) is 0.626. The number of rotatable bonds is 3. The van der Waals surface area contributed by atoms with Crippen LogP contribution in [0.1, 0.15) is 74.1 Å². The van der Waals surface area contributed by atoms with Gasteiger partial charge in [0.1, 0.15) is 0 Å². The summed E-state index contributed by atoms with van der Waals surface area (Å²) in [7, 11) is 0. The smallest absolute Gasteiger partial charge is 0.00953 e. The molecule has 1 heteroatoms. The molecule has 1 aliphatic heterocycles. The Morgan fingerprint density at radius 2 is 1.83 bits per heavy atom. The third-order valence-corrected chi connectivity index (χ3v) is 5.87. The molecular weight excluding hydrogens is 218 g/mol. The molecule has 1 fully saturated rings. The minimum absolute atomic E-state index is 0.416. The molecule has 1 N–H and O–H groups in total. The summed E-state index contributed by atoms with van der Waals surface area (Å²) in [5.74, 6) is 1.59. The topological polar surface area (TPSA) is 12.0 Å². The van der Waals surface area contributed by atoms with Crippen LogP contribution in [0.4, 0.5) is 0 Å². The van der Waals surface area contributed by atoms with Gasteiger partial charge in [0, 0.05) is 6.04 Å². The first-order chi connectivity index (χ1) is 8.23. The Bertz CT molecular complexity index is 258. The van der Waals surface area contributed by atoms with Crippen LogP contribution in [0.3, 0.4) is 0 Å². The molecule has 1 rings (SSSR count). The van der Waals surface area contributed by atoms with Crippen molar-refractivity contribution in [3.05, 3.63) is 0 Å². The first kappa shape index (κ1) is 16.0. The van der Waals surface area contributed by atoms with Crippen LogP contribution < -0.4 is 5.32 Å². The van der Waals surface area contributed by atoms with Gasteiger partial charge in [-0.2, -0.15) is 0 Å². The third kappa shape index (κ3) is 3.50. The van der Waals surface area contributed by atoms with Crippen molar-refractivity contribution in [3.8, 4) is 0 Å². The summed E-state index contributed by atoms with van der Waals surface area (Å²) in [5, 5.41) is 3.77. The van der Waals surface area contributed by atoms with Crippen LogP contribution in [0.25, 0.3) is 0 Å². The van der Waals surface area contributed by atoms with Gasteiger partial charge in [0.15, 0.2) is 0 Å². The van der Waals surface area contributed by atoms with Gasteiger partial charge in [0.05, 0.1) is 0 Å². The SMILES string of the molecule is CCC(C)C(C)C1(C)CC(C)(C)CCCNC1C. The van der Waals surface area contributed by atoms with Gasteiger partial charge in [-0.05, 0) is 55.4 Å². The standard InChI is InChI=1S/C17H35N/c1-8-13(2)14(3)17(7)12-16(5,6)10-9-11-18-15(17)4/h13-15,18H,8-12H2,1-7H3. The first-order valence-electron chi connectivity index (χ1n) is 7.96. The summed E-state index contributed by atoms with van der Waals surface area (Å²) in [5.41, 5.74) is 0.909. The van der Waals surface area contributed by atoms with E-state index in [0.717, 1.165) is 11.8 Å². The van der Waals surface area contributed by atoms with Crippen molar-refractivity contribution in [2.75, 3.05) is 6.54 Å².